The van der Waals surface area contributed by atoms with Crippen LogP contribution in [0.25, 0.3) is 5.76 Å². The summed E-state index contributed by atoms with van der Waals surface area (Å²) in [6.07, 6.45) is 0.863. The van der Waals surface area contributed by atoms with Crippen molar-refractivity contribution in [2.75, 3.05) is 25.7 Å². The van der Waals surface area contributed by atoms with E-state index >= 15 is 0 Å². The third-order valence-corrected chi connectivity index (χ3v) is 6.17. The Labute approximate surface area is 214 Å². The quantitative estimate of drug-likeness (QED) is 0.236. The zero-order chi connectivity index (χ0) is 25.8. The van der Waals surface area contributed by atoms with E-state index in [0.717, 1.165) is 6.42 Å². The van der Waals surface area contributed by atoms with Gasteiger partial charge in [0.1, 0.15) is 23.0 Å². The molecule has 186 valence electrons. The number of aliphatic hydroxyl groups is 1. The number of ether oxygens (including phenoxy) is 3. The van der Waals surface area contributed by atoms with E-state index in [9.17, 15) is 14.7 Å². The van der Waals surface area contributed by atoms with E-state index in [1.54, 1.807) is 48.5 Å². The molecule has 36 heavy (non-hydrogen) atoms. The van der Waals surface area contributed by atoms with Gasteiger partial charge in [-0.1, -0.05) is 48.9 Å². The number of hydrogen-bond donors (Lipinski definition) is 1. The van der Waals surface area contributed by atoms with E-state index < -0.39 is 23.5 Å². The fourth-order valence-electron chi connectivity index (χ4n) is 4.16. The molecule has 1 amide bonds. The molecule has 0 radical (unpaired) electrons. The predicted octanol–water partition coefficient (Wildman–Crippen LogP) is 5.77. The molecule has 3 aromatic carbocycles. The lowest BCUT2D eigenvalue weighted by molar-refractivity contribution is -0.132. The van der Waals surface area contributed by atoms with Crippen molar-refractivity contribution in [3.05, 3.63) is 88.5 Å². The second kappa shape index (κ2) is 10.7. The third-order valence-electron chi connectivity index (χ3n) is 5.88. The van der Waals surface area contributed by atoms with Gasteiger partial charge < -0.3 is 19.3 Å². The molecule has 1 saturated heterocycles. The molecule has 3 aromatic rings. The minimum Gasteiger partial charge on any atom is -0.507 e. The highest BCUT2D eigenvalue weighted by molar-refractivity contribution is 6.51. The maximum Gasteiger partial charge on any atom is 0.300 e. The van der Waals surface area contributed by atoms with Crippen LogP contribution in [-0.4, -0.2) is 37.6 Å². The van der Waals surface area contributed by atoms with E-state index in [1.165, 1.54) is 31.3 Å². The second-order valence-corrected chi connectivity index (χ2v) is 8.52. The van der Waals surface area contributed by atoms with Crippen molar-refractivity contribution in [1.82, 2.24) is 0 Å². The van der Waals surface area contributed by atoms with Crippen LogP contribution in [0.5, 0.6) is 17.2 Å². The predicted molar refractivity (Wildman–Crippen MR) is 138 cm³/mol. The van der Waals surface area contributed by atoms with E-state index in [-0.39, 0.29) is 27.7 Å². The average molecular weight is 508 g/mol. The number of benzene rings is 3. The number of Topliss-reactive ketones (excluding diaryl/α,β-unsaturated/α-hetero) is 1. The number of carbonyl (C=O) groups is 2. The molecule has 1 N–H and O–H groups in total. The highest BCUT2D eigenvalue weighted by Crippen LogP contribution is 2.44. The van der Waals surface area contributed by atoms with Crippen LogP contribution in [-0.2, 0) is 9.59 Å². The zero-order valence-corrected chi connectivity index (χ0v) is 20.9. The molecule has 0 spiro atoms. The molecule has 0 aromatic heterocycles. The van der Waals surface area contributed by atoms with Crippen LogP contribution in [0.3, 0.4) is 0 Å². The molecule has 1 atom stereocenters. The average Bonchev–Trinajstić information content (AvgIpc) is 3.17. The lowest BCUT2D eigenvalue weighted by atomic mass is 9.94. The first-order valence-electron chi connectivity index (χ1n) is 11.4. The van der Waals surface area contributed by atoms with Gasteiger partial charge >= 0.3 is 0 Å². The Morgan fingerprint density at radius 3 is 2.25 bits per heavy atom. The van der Waals surface area contributed by atoms with E-state index in [1.807, 2.05) is 13.0 Å². The van der Waals surface area contributed by atoms with E-state index in [2.05, 4.69) is 0 Å². The lowest BCUT2D eigenvalue weighted by Crippen LogP contribution is -2.29. The summed E-state index contributed by atoms with van der Waals surface area (Å²) in [5.41, 5.74) is 1.26. The molecule has 1 unspecified atom stereocenters. The largest absolute Gasteiger partial charge is 0.507 e. The first-order valence-corrected chi connectivity index (χ1v) is 11.8. The van der Waals surface area contributed by atoms with Crippen molar-refractivity contribution in [1.29, 1.82) is 0 Å². The van der Waals surface area contributed by atoms with Gasteiger partial charge in [0.05, 0.1) is 43.0 Å². The monoisotopic (exact) mass is 507 g/mol. The third kappa shape index (κ3) is 4.62. The zero-order valence-electron chi connectivity index (χ0n) is 20.2. The Bertz CT molecular complexity index is 1300. The van der Waals surface area contributed by atoms with Crippen LogP contribution in [0.15, 0.2) is 72.3 Å². The van der Waals surface area contributed by atoms with Gasteiger partial charge in [-0.2, -0.15) is 0 Å². The molecule has 0 bridgehead atoms. The maximum absolute atomic E-state index is 13.4. The van der Waals surface area contributed by atoms with Crippen molar-refractivity contribution >= 4 is 34.7 Å². The molecule has 0 aliphatic carbocycles. The lowest BCUT2D eigenvalue weighted by Gasteiger charge is -2.25. The molecule has 7 nitrogen and oxygen atoms in total. The number of aliphatic hydroxyl groups excluding tert-OH is 1. The number of amides is 1. The first-order chi connectivity index (χ1) is 17.4. The molecule has 1 aliphatic rings. The maximum atomic E-state index is 13.4. The Kier molecular flexibility index (Phi) is 7.50. The van der Waals surface area contributed by atoms with Crippen LogP contribution in [0.1, 0.15) is 30.5 Å². The van der Waals surface area contributed by atoms with Crippen LogP contribution in [0, 0.1) is 0 Å². The fraction of sp³-hybridized carbons (Fsp3) is 0.214. The summed E-state index contributed by atoms with van der Waals surface area (Å²) in [6, 6.07) is 18.0. The van der Waals surface area contributed by atoms with Crippen LogP contribution >= 0.6 is 11.6 Å². The van der Waals surface area contributed by atoms with Gasteiger partial charge in [-0.15, -0.1) is 0 Å². The molecule has 8 heteroatoms. The molecule has 1 fully saturated rings. The molecule has 1 aliphatic heterocycles. The highest BCUT2D eigenvalue weighted by atomic mass is 35.5. The number of ketones is 1. The van der Waals surface area contributed by atoms with Crippen molar-refractivity contribution in [3.8, 4) is 17.2 Å². The highest BCUT2D eigenvalue weighted by Gasteiger charge is 2.47. The van der Waals surface area contributed by atoms with Crippen molar-refractivity contribution in [3.63, 3.8) is 0 Å². The number of para-hydroxylation sites is 1. The molecular weight excluding hydrogens is 482 g/mol. The van der Waals surface area contributed by atoms with Crippen LogP contribution in [0.2, 0.25) is 5.02 Å². The van der Waals surface area contributed by atoms with Gasteiger partial charge in [0.2, 0.25) is 0 Å². The van der Waals surface area contributed by atoms with E-state index in [4.69, 9.17) is 25.8 Å². The van der Waals surface area contributed by atoms with Gasteiger partial charge in [0, 0.05) is 11.8 Å². The standard InChI is InChI=1S/C28H26ClNO6/c1-4-14-36-19-12-10-17(11-13-19)25-24(27(32)28(33)30(25)18-8-6-5-7-9-18)26(31)20-15-23(35-3)21(29)16-22(20)34-2/h5-13,15-16,25,31H,4,14H2,1-3H3/b26-24+. The number of carbonyl (C=O) groups excluding carboxylic acids is 2. The van der Waals surface area contributed by atoms with E-state index in [0.29, 0.717) is 23.6 Å². The van der Waals surface area contributed by atoms with Crippen molar-refractivity contribution in [2.24, 2.45) is 0 Å². The molecule has 1 heterocycles. The summed E-state index contributed by atoms with van der Waals surface area (Å²) in [5, 5.41) is 11.7. The topological polar surface area (TPSA) is 85.3 Å². The van der Waals surface area contributed by atoms with Gasteiger partial charge in [0.25, 0.3) is 11.7 Å². The van der Waals surface area contributed by atoms with Gasteiger partial charge in [-0.25, -0.2) is 0 Å². The minimum atomic E-state index is -0.890. The fourth-order valence-corrected chi connectivity index (χ4v) is 4.39. The Hall–Kier alpha value is -3.97. The smallest absolute Gasteiger partial charge is 0.300 e. The summed E-state index contributed by atoms with van der Waals surface area (Å²) in [4.78, 5) is 28.1. The SMILES string of the molecule is CCCOc1ccc(C2/C(=C(\O)c3cc(OC)c(Cl)cc3OC)C(=O)C(=O)N2c2ccccc2)cc1. The molecule has 4 rings (SSSR count). The second-order valence-electron chi connectivity index (χ2n) is 8.11. The number of methoxy groups -OCH3 is 2. The summed E-state index contributed by atoms with van der Waals surface area (Å²) >= 11 is 6.23. The van der Waals surface area contributed by atoms with Gasteiger partial charge in [0.15, 0.2) is 0 Å². The Morgan fingerprint density at radius 1 is 0.972 bits per heavy atom. The molecular formula is C28H26ClNO6. The summed E-state index contributed by atoms with van der Waals surface area (Å²) in [6.45, 7) is 2.59. The summed E-state index contributed by atoms with van der Waals surface area (Å²) < 4.78 is 16.4. The number of halogens is 1. The molecule has 0 saturated carbocycles. The number of anilines is 1. The van der Waals surface area contributed by atoms with Crippen molar-refractivity contribution < 1.29 is 28.9 Å². The van der Waals surface area contributed by atoms with Gasteiger partial charge in [-0.05, 0) is 42.3 Å². The Balaban J connectivity index is 1.93. The normalized spacial score (nSPS) is 16.8. The Morgan fingerprint density at radius 2 is 1.64 bits per heavy atom. The first kappa shape index (κ1) is 25.1. The van der Waals surface area contributed by atoms with Crippen LogP contribution < -0.4 is 19.1 Å². The number of nitrogens with zero attached hydrogens (tertiary/aromatic N) is 1. The summed E-state index contributed by atoms with van der Waals surface area (Å²) in [7, 11) is 2.86. The minimum absolute atomic E-state index is 0.0752. The van der Waals surface area contributed by atoms with Crippen LogP contribution in [0.4, 0.5) is 5.69 Å². The van der Waals surface area contributed by atoms with Gasteiger partial charge in [-0.3, -0.25) is 14.5 Å². The van der Waals surface area contributed by atoms with Crippen molar-refractivity contribution in [2.45, 2.75) is 19.4 Å². The number of rotatable bonds is 8. The number of hydrogen-bond acceptors (Lipinski definition) is 6. The summed E-state index contributed by atoms with van der Waals surface area (Å²) in [5.74, 6) is -0.782.